The van der Waals surface area contributed by atoms with Gasteiger partial charge in [0.2, 0.25) is 0 Å². The molecule has 2 aromatic carbocycles. The number of benzene rings is 2. The number of halogens is 3. The number of anilines is 1. The van der Waals surface area contributed by atoms with Crippen molar-refractivity contribution in [1.29, 1.82) is 0 Å². The van der Waals surface area contributed by atoms with E-state index < -0.39 is 11.4 Å². The number of nitrogens with one attached hydrogen (secondary N) is 3. The standard InChI is InChI=1S/C33H44Cl2FN3O5/c34-24-10-13-30(29(16-24)37-14-15-40)44-21-31(41)38-25-9-7-5-3-1-2-4-6-8-23-18-33(19-23,20-25)39-32(42)22-43-26-11-12-27(35)28(36)17-26/h10-13,16-17,23,25,37,40H,1-9,14-15,18-22H2,(H,38,41)(H,39,42). The van der Waals surface area contributed by atoms with E-state index in [4.69, 9.17) is 32.7 Å². The van der Waals surface area contributed by atoms with Crippen LogP contribution in [0.25, 0.3) is 0 Å². The highest BCUT2D eigenvalue weighted by Crippen LogP contribution is 2.44. The predicted molar refractivity (Wildman–Crippen MR) is 171 cm³/mol. The Morgan fingerprint density at radius 1 is 0.886 bits per heavy atom. The number of fused-ring (bicyclic) bond motifs is 10. The minimum atomic E-state index is -0.604. The van der Waals surface area contributed by atoms with E-state index in [1.165, 1.54) is 44.2 Å². The molecule has 44 heavy (non-hydrogen) atoms. The zero-order chi connectivity index (χ0) is 31.4. The average Bonchev–Trinajstić information content (AvgIpc) is 2.97. The summed E-state index contributed by atoms with van der Waals surface area (Å²) < 4.78 is 25.2. The number of ether oxygens (including phenoxy) is 2. The van der Waals surface area contributed by atoms with Gasteiger partial charge < -0.3 is 30.5 Å². The highest BCUT2D eigenvalue weighted by Gasteiger charge is 2.46. The maximum absolute atomic E-state index is 13.8. The molecule has 0 heterocycles. The molecule has 2 aromatic rings. The van der Waals surface area contributed by atoms with Crippen LogP contribution in [0.15, 0.2) is 36.4 Å². The number of hydrogen-bond donors (Lipinski definition) is 4. The second-order valence-corrected chi connectivity index (χ2v) is 12.9. The zero-order valence-corrected chi connectivity index (χ0v) is 26.7. The minimum absolute atomic E-state index is 0.00798. The van der Waals surface area contributed by atoms with E-state index in [1.54, 1.807) is 18.2 Å². The summed E-state index contributed by atoms with van der Waals surface area (Å²) in [6, 6.07) is 9.01. The van der Waals surface area contributed by atoms with Crippen molar-refractivity contribution in [1.82, 2.24) is 10.6 Å². The maximum atomic E-state index is 13.8. The molecular weight excluding hydrogens is 608 g/mol. The number of aliphatic hydroxyl groups excluding tert-OH is 1. The lowest BCUT2D eigenvalue weighted by atomic mass is 9.63. The van der Waals surface area contributed by atoms with Gasteiger partial charge in [0.25, 0.3) is 11.8 Å². The molecule has 8 nitrogen and oxygen atoms in total. The Labute approximate surface area is 269 Å². The third-order valence-electron chi connectivity index (χ3n) is 8.42. The first-order valence-electron chi connectivity index (χ1n) is 15.7. The number of aliphatic hydroxyl groups is 1. The molecule has 5 rings (SSSR count). The molecule has 1 unspecified atom stereocenters. The number of amides is 2. The summed E-state index contributed by atoms with van der Waals surface area (Å²) in [6.07, 6.45) is 12.4. The number of rotatable bonds is 11. The normalized spacial score (nSPS) is 22.5. The molecule has 2 bridgehead atoms. The van der Waals surface area contributed by atoms with Crippen LogP contribution in [-0.4, -0.2) is 54.9 Å². The van der Waals surface area contributed by atoms with Crippen LogP contribution >= 0.6 is 23.2 Å². The van der Waals surface area contributed by atoms with Gasteiger partial charge in [-0.3, -0.25) is 9.59 Å². The summed E-state index contributed by atoms with van der Waals surface area (Å²) in [6.45, 7) is -0.161. The van der Waals surface area contributed by atoms with E-state index in [2.05, 4.69) is 16.0 Å². The van der Waals surface area contributed by atoms with E-state index in [1.807, 2.05) is 0 Å². The van der Waals surface area contributed by atoms with Crippen LogP contribution in [0.3, 0.4) is 0 Å². The topological polar surface area (TPSA) is 109 Å². The second-order valence-electron chi connectivity index (χ2n) is 12.1. The molecular formula is C33H44Cl2FN3O5. The fourth-order valence-corrected chi connectivity index (χ4v) is 6.68. The Morgan fingerprint density at radius 2 is 1.59 bits per heavy atom. The fraction of sp³-hybridized carbons (Fsp3) is 0.576. The third-order valence-corrected chi connectivity index (χ3v) is 8.96. The van der Waals surface area contributed by atoms with Crippen LogP contribution in [0.2, 0.25) is 10.0 Å². The van der Waals surface area contributed by atoms with Gasteiger partial charge in [-0.05, 0) is 61.9 Å². The van der Waals surface area contributed by atoms with Crippen molar-refractivity contribution in [2.45, 2.75) is 88.6 Å². The van der Waals surface area contributed by atoms with E-state index in [0.717, 1.165) is 44.6 Å². The molecule has 2 amide bonds. The molecule has 3 saturated carbocycles. The van der Waals surface area contributed by atoms with Gasteiger partial charge >= 0.3 is 0 Å². The van der Waals surface area contributed by atoms with Crippen LogP contribution in [0, 0.1) is 11.7 Å². The molecule has 0 aliphatic heterocycles. The summed E-state index contributed by atoms with van der Waals surface area (Å²) in [4.78, 5) is 26.2. The molecule has 0 aromatic heterocycles. The Morgan fingerprint density at radius 3 is 2.32 bits per heavy atom. The summed E-state index contributed by atoms with van der Waals surface area (Å²) in [7, 11) is 0. The Kier molecular flexibility index (Phi) is 13.2. The van der Waals surface area contributed by atoms with Gasteiger partial charge in [0.05, 0.1) is 17.3 Å². The van der Waals surface area contributed by atoms with Gasteiger partial charge in [0.15, 0.2) is 13.2 Å². The van der Waals surface area contributed by atoms with Gasteiger partial charge in [0.1, 0.15) is 17.3 Å². The molecule has 0 saturated heterocycles. The van der Waals surface area contributed by atoms with Gasteiger partial charge in [-0.2, -0.15) is 0 Å². The fourth-order valence-electron chi connectivity index (χ4n) is 6.39. The first-order chi connectivity index (χ1) is 21.2. The van der Waals surface area contributed by atoms with Gasteiger partial charge in [0, 0.05) is 29.2 Å². The molecule has 4 N–H and O–H groups in total. The monoisotopic (exact) mass is 651 g/mol. The minimum Gasteiger partial charge on any atom is -0.484 e. The number of carbonyl (C=O) groups is 2. The van der Waals surface area contributed by atoms with Crippen LogP contribution in [-0.2, 0) is 9.59 Å². The molecule has 3 aliphatic carbocycles. The maximum Gasteiger partial charge on any atom is 0.258 e. The quantitative estimate of drug-likeness (QED) is 0.216. The van der Waals surface area contributed by atoms with E-state index in [9.17, 15) is 19.1 Å². The lowest BCUT2D eigenvalue weighted by Crippen LogP contribution is -2.61. The Hall–Kier alpha value is -2.75. The lowest BCUT2D eigenvalue weighted by Gasteiger charge is -2.50. The van der Waals surface area contributed by atoms with E-state index in [-0.39, 0.29) is 48.4 Å². The van der Waals surface area contributed by atoms with Crippen LogP contribution in [0.4, 0.5) is 10.1 Å². The van der Waals surface area contributed by atoms with Crippen molar-refractivity contribution in [3.8, 4) is 11.5 Å². The largest absolute Gasteiger partial charge is 0.484 e. The smallest absolute Gasteiger partial charge is 0.258 e. The highest BCUT2D eigenvalue weighted by molar-refractivity contribution is 6.31. The first-order valence-corrected chi connectivity index (χ1v) is 16.5. The van der Waals surface area contributed by atoms with Crippen molar-refractivity contribution in [3.63, 3.8) is 0 Å². The summed E-state index contributed by atoms with van der Waals surface area (Å²) in [5, 5.41) is 19.1. The molecule has 0 radical (unpaired) electrons. The number of hydrogen-bond acceptors (Lipinski definition) is 6. The van der Waals surface area contributed by atoms with E-state index in [0.29, 0.717) is 35.3 Å². The van der Waals surface area contributed by atoms with Crippen LogP contribution in [0.1, 0.15) is 77.0 Å². The Bertz CT molecular complexity index is 1240. The third kappa shape index (κ3) is 10.7. The highest BCUT2D eigenvalue weighted by atomic mass is 35.5. The van der Waals surface area contributed by atoms with Crippen molar-refractivity contribution in [3.05, 3.63) is 52.3 Å². The lowest BCUT2D eigenvalue weighted by molar-refractivity contribution is -0.127. The summed E-state index contributed by atoms with van der Waals surface area (Å²) in [5.74, 6) is 0.0996. The zero-order valence-electron chi connectivity index (χ0n) is 25.1. The first kappa shape index (κ1) is 34.1. The average molecular weight is 653 g/mol. The molecule has 3 fully saturated rings. The molecule has 3 aliphatic rings. The number of carbonyl (C=O) groups excluding carboxylic acids is 2. The SMILES string of the molecule is O=C(COc1ccc(Cl)cc1NCCO)NC1CCCCCCCCCC2CC(NC(=O)COc3ccc(Cl)c(F)c3)(C2)C1. The molecule has 242 valence electrons. The van der Waals surface area contributed by atoms with Crippen molar-refractivity contribution in [2.75, 3.05) is 31.7 Å². The molecule has 0 spiro atoms. The van der Waals surface area contributed by atoms with Crippen LogP contribution < -0.4 is 25.4 Å². The summed E-state index contributed by atoms with van der Waals surface area (Å²) in [5.41, 5.74) is 0.152. The van der Waals surface area contributed by atoms with Gasteiger partial charge in [-0.15, -0.1) is 0 Å². The van der Waals surface area contributed by atoms with Gasteiger partial charge in [-0.25, -0.2) is 4.39 Å². The predicted octanol–water partition coefficient (Wildman–Crippen LogP) is 6.66. The van der Waals surface area contributed by atoms with Crippen molar-refractivity contribution < 1.29 is 28.6 Å². The van der Waals surface area contributed by atoms with Crippen LogP contribution in [0.5, 0.6) is 11.5 Å². The summed E-state index contributed by atoms with van der Waals surface area (Å²) >= 11 is 11.9. The molecule has 1 atom stereocenters. The van der Waals surface area contributed by atoms with Crippen molar-refractivity contribution in [2.24, 2.45) is 5.92 Å². The molecule has 11 heteroatoms. The van der Waals surface area contributed by atoms with E-state index >= 15 is 0 Å². The van der Waals surface area contributed by atoms with Crippen molar-refractivity contribution >= 4 is 40.7 Å². The Balaban J connectivity index is 1.39. The second kappa shape index (κ2) is 17.1. The van der Waals surface area contributed by atoms with Gasteiger partial charge in [-0.1, -0.05) is 74.6 Å².